The van der Waals surface area contributed by atoms with Crippen LogP contribution >= 0.6 is 0 Å². The van der Waals surface area contributed by atoms with Gasteiger partial charge in [-0.1, -0.05) is 12.1 Å². The Hall–Kier alpha value is -2.24. The molecule has 0 heterocycles. The Kier molecular flexibility index (Phi) is 3.92. The van der Waals surface area contributed by atoms with E-state index in [0.717, 1.165) is 5.56 Å². The first-order valence-corrected chi connectivity index (χ1v) is 4.99. The molecule has 0 aliphatic carbocycles. The molecule has 4 N–H and O–H groups in total. The van der Waals surface area contributed by atoms with Gasteiger partial charge in [0.2, 0.25) is 0 Å². The highest BCUT2D eigenvalue weighted by Gasteiger charge is 2.17. The van der Waals surface area contributed by atoms with Crippen molar-refractivity contribution in [1.82, 2.24) is 5.32 Å². The first-order chi connectivity index (χ1) is 7.97. The van der Waals surface area contributed by atoms with Gasteiger partial charge in [0.05, 0.1) is 12.8 Å². The van der Waals surface area contributed by atoms with Crippen molar-refractivity contribution in [1.29, 1.82) is 5.41 Å². The fourth-order valence-corrected chi connectivity index (χ4v) is 1.53. The SMILES string of the molecule is COc1cccc(C)c1N(C)C(=O)NC(=N)N. The average molecular weight is 236 g/mol. The summed E-state index contributed by atoms with van der Waals surface area (Å²) < 4.78 is 5.20. The molecule has 0 aromatic heterocycles. The van der Waals surface area contributed by atoms with E-state index in [-0.39, 0.29) is 0 Å². The normalized spacial score (nSPS) is 9.59. The number of hydrogen-bond acceptors (Lipinski definition) is 3. The van der Waals surface area contributed by atoms with Crippen LogP contribution in [-0.2, 0) is 0 Å². The number of nitrogens with one attached hydrogen (secondary N) is 2. The third-order valence-electron chi connectivity index (χ3n) is 2.30. The second-order valence-corrected chi connectivity index (χ2v) is 3.53. The number of para-hydroxylation sites is 1. The van der Waals surface area contributed by atoms with Crippen LogP contribution in [0.5, 0.6) is 5.75 Å². The van der Waals surface area contributed by atoms with Crippen molar-refractivity contribution >= 4 is 17.7 Å². The van der Waals surface area contributed by atoms with Gasteiger partial charge in [-0.2, -0.15) is 0 Å². The Labute approximate surface area is 99.9 Å². The molecule has 0 atom stereocenters. The predicted octanol–water partition coefficient (Wildman–Crippen LogP) is 1.04. The zero-order valence-electron chi connectivity index (χ0n) is 10.1. The van der Waals surface area contributed by atoms with E-state index in [0.29, 0.717) is 11.4 Å². The number of ether oxygens (including phenoxy) is 1. The summed E-state index contributed by atoms with van der Waals surface area (Å²) in [4.78, 5) is 13.1. The lowest BCUT2D eigenvalue weighted by Gasteiger charge is -2.21. The largest absolute Gasteiger partial charge is 0.495 e. The van der Waals surface area contributed by atoms with Gasteiger partial charge in [-0.25, -0.2) is 4.79 Å². The maximum atomic E-state index is 11.7. The van der Waals surface area contributed by atoms with E-state index in [4.69, 9.17) is 15.9 Å². The molecule has 1 rings (SSSR count). The van der Waals surface area contributed by atoms with Crippen molar-refractivity contribution in [3.05, 3.63) is 23.8 Å². The van der Waals surface area contributed by atoms with Crippen LogP contribution in [0.3, 0.4) is 0 Å². The summed E-state index contributed by atoms with van der Waals surface area (Å²) in [7, 11) is 3.12. The Bertz CT molecular complexity index is 445. The first kappa shape index (κ1) is 12.8. The van der Waals surface area contributed by atoms with Crippen LogP contribution in [0.4, 0.5) is 10.5 Å². The van der Waals surface area contributed by atoms with Crippen molar-refractivity contribution in [2.24, 2.45) is 5.73 Å². The minimum absolute atomic E-state index is 0.394. The lowest BCUT2D eigenvalue weighted by atomic mass is 10.1. The van der Waals surface area contributed by atoms with E-state index < -0.39 is 12.0 Å². The summed E-state index contributed by atoms with van der Waals surface area (Å²) in [6, 6.07) is 4.99. The summed E-state index contributed by atoms with van der Waals surface area (Å²) in [5, 5.41) is 9.23. The molecule has 0 aliphatic heterocycles. The Morgan fingerprint density at radius 2 is 2.18 bits per heavy atom. The van der Waals surface area contributed by atoms with Crippen molar-refractivity contribution in [2.45, 2.75) is 6.92 Å². The van der Waals surface area contributed by atoms with Gasteiger partial charge < -0.3 is 10.5 Å². The number of rotatable bonds is 2. The summed E-state index contributed by atoms with van der Waals surface area (Å²) in [6.07, 6.45) is 0. The lowest BCUT2D eigenvalue weighted by molar-refractivity contribution is 0.251. The number of benzene rings is 1. The molecule has 1 aromatic carbocycles. The van der Waals surface area contributed by atoms with Crippen LogP contribution in [-0.4, -0.2) is 26.1 Å². The molecule has 17 heavy (non-hydrogen) atoms. The highest BCUT2D eigenvalue weighted by Crippen LogP contribution is 2.30. The Morgan fingerprint density at radius 3 is 2.71 bits per heavy atom. The molecule has 0 radical (unpaired) electrons. The summed E-state index contributed by atoms with van der Waals surface area (Å²) in [5.74, 6) is 0.195. The standard InChI is InChI=1S/C11H16N4O2/c1-7-5-4-6-8(17-3)9(7)15(2)11(16)14-10(12)13/h4-6H,1-3H3,(H4,12,13,14,16). The molecule has 1 aromatic rings. The zero-order chi connectivity index (χ0) is 13.0. The van der Waals surface area contributed by atoms with E-state index in [1.807, 2.05) is 19.1 Å². The number of methoxy groups -OCH3 is 1. The molecule has 0 spiro atoms. The Balaban J connectivity index is 3.06. The van der Waals surface area contributed by atoms with Crippen LogP contribution in [0, 0.1) is 12.3 Å². The second-order valence-electron chi connectivity index (χ2n) is 3.53. The monoisotopic (exact) mass is 236 g/mol. The lowest BCUT2D eigenvalue weighted by Crippen LogP contribution is -2.44. The molecule has 0 bridgehead atoms. The minimum Gasteiger partial charge on any atom is -0.495 e. The smallest absolute Gasteiger partial charge is 0.328 e. The van der Waals surface area contributed by atoms with Gasteiger partial charge >= 0.3 is 6.03 Å². The van der Waals surface area contributed by atoms with Crippen molar-refractivity contribution in [3.8, 4) is 5.75 Å². The molecular formula is C11H16N4O2. The van der Waals surface area contributed by atoms with Gasteiger partial charge in [0.25, 0.3) is 0 Å². The van der Waals surface area contributed by atoms with Crippen LogP contribution in [0.25, 0.3) is 0 Å². The quantitative estimate of drug-likeness (QED) is 0.529. The summed E-state index contributed by atoms with van der Waals surface area (Å²) >= 11 is 0. The van der Waals surface area contributed by atoms with E-state index in [9.17, 15) is 4.79 Å². The maximum absolute atomic E-state index is 11.7. The molecule has 6 nitrogen and oxygen atoms in total. The number of anilines is 1. The average Bonchev–Trinajstić information content (AvgIpc) is 2.26. The molecule has 0 unspecified atom stereocenters. The van der Waals surface area contributed by atoms with E-state index in [2.05, 4.69) is 5.32 Å². The topological polar surface area (TPSA) is 91.4 Å². The molecule has 92 valence electrons. The summed E-state index contributed by atoms with van der Waals surface area (Å²) in [6.45, 7) is 1.87. The van der Waals surface area contributed by atoms with Crippen LogP contribution < -0.4 is 20.7 Å². The highest BCUT2D eigenvalue weighted by molar-refractivity contribution is 6.03. The predicted molar refractivity (Wildman–Crippen MR) is 66.6 cm³/mol. The molecular weight excluding hydrogens is 220 g/mol. The third-order valence-corrected chi connectivity index (χ3v) is 2.30. The van der Waals surface area contributed by atoms with Gasteiger partial charge in [0, 0.05) is 7.05 Å². The van der Waals surface area contributed by atoms with Gasteiger partial charge in [-0.3, -0.25) is 15.6 Å². The first-order valence-electron chi connectivity index (χ1n) is 4.99. The summed E-state index contributed by atoms with van der Waals surface area (Å²) in [5.41, 5.74) is 6.65. The van der Waals surface area contributed by atoms with Crippen molar-refractivity contribution in [2.75, 3.05) is 19.1 Å². The number of aryl methyl sites for hydroxylation is 1. The molecule has 0 aliphatic rings. The number of nitrogens with two attached hydrogens (primary N) is 1. The number of urea groups is 1. The van der Waals surface area contributed by atoms with Crippen molar-refractivity contribution in [3.63, 3.8) is 0 Å². The van der Waals surface area contributed by atoms with Crippen LogP contribution in [0.1, 0.15) is 5.56 Å². The zero-order valence-corrected chi connectivity index (χ0v) is 10.1. The van der Waals surface area contributed by atoms with Crippen LogP contribution in [0.2, 0.25) is 0 Å². The fraction of sp³-hybridized carbons (Fsp3) is 0.273. The van der Waals surface area contributed by atoms with E-state index in [1.165, 1.54) is 12.0 Å². The second kappa shape index (κ2) is 5.20. The number of carbonyl (C=O) groups excluding carboxylic acids is 1. The molecule has 2 amide bonds. The highest BCUT2D eigenvalue weighted by atomic mass is 16.5. The molecule has 0 saturated carbocycles. The van der Waals surface area contributed by atoms with Gasteiger partial charge in [0.1, 0.15) is 5.75 Å². The number of hydrogen-bond donors (Lipinski definition) is 3. The minimum atomic E-state index is -0.481. The van der Waals surface area contributed by atoms with Gasteiger partial charge in [-0.15, -0.1) is 0 Å². The maximum Gasteiger partial charge on any atom is 0.328 e. The third kappa shape index (κ3) is 2.87. The number of amides is 2. The molecule has 0 fully saturated rings. The van der Waals surface area contributed by atoms with E-state index in [1.54, 1.807) is 13.1 Å². The molecule has 6 heteroatoms. The Morgan fingerprint density at radius 1 is 1.53 bits per heavy atom. The van der Waals surface area contributed by atoms with Crippen LogP contribution in [0.15, 0.2) is 18.2 Å². The number of carbonyl (C=O) groups is 1. The fourth-order valence-electron chi connectivity index (χ4n) is 1.53. The van der Waals surface area contributed by atoms with Crippen molar-refractivity contribution < 1.29 is 9.53 Å². The van der Waals surface area contributed by atoms with Gasteiger partial charge in [-0.05, 0) is 18.6 Å². The molecule has 0 saturated heterocycles. The van der Waals surface area contributed by atoms with E-state index >= 15 is 0 Å². The van der Waals surface area contributed by atoms with Gasteiger partial charge in [0.15, 0.2) is 5.96 Å². The number of nitrogens with zero attached hydrogens (tertiary/aromatic N) is 1. The number of guanidine groups is 1.